The van der Waals surface area contributed by atoms with E-state index in [0.29, 0.717) is 5.56 Å². The van der Waals surface area contributed by atoms with E-state index in [0.717, 1.165) is 4.31 Å². The summed E-state index contributed by atoms with van der Waals surface area (Å²) in [5, 5.41) is 2.44. The van der Waals surface area contributed by atoms with Crippen LogP contribution in [0.25, 0.3) is 0 Å². The van der Waals surface area contributed by atoms with Crippen molar-refractivity contribution in [1.29, 1.82) is 0 Å². The number of nitrogens with one attached hydrogen (secondary N) is 1. The van der Waals surface area contributed by atoms with Crippen LogP contribution in [0.1, 0.15) is 16.8 Å². The molecule has 1 atom stereocenters. The van der Waals surface area contributed by atoms with E-state index in [-0.39, 0.29) is 35.3 Å². The van der Waals surface area contributed by atoms with E-state index in [2.05, 4.69) is 11.2 Å². The zero-order chi connectivity index (χ0) is 18.0. The first-order valence-corrected chi connectivity index (χ1v) is 10.5. The van der Waals surface area contributed by atoms with Gasteiger partial charge in [-0.2, -0.15) is 4.31 Å². The Hall–Kier alpha value is -1.89. The molecular weight excluding hydrogens is 352 g/mol. The Morgan fingerprint density at radius 1 is 1.38 bits per heavy atom. The third-order valence-electron chi connectivity index (χ3n) is 3.81. The van der Waals surface area contributed by atoms with Crippen LogP contribution in [-0.4, -0.2) is 58.2 Å². The number of carbonyl (C=O) groups is 1. The van der Waals surface area contributed by atoms with Crippen molar-refractivity contribution in [2.45, 2.75) is 17.4 Å². The number of carbonyl (C=O) groups excluding carboxylic acids is 1. The van der Waals surface area contributed by atoms with E-state index in [1.807, 2.05) is 0 Å². The van der Waals surface area contributed by atoms with Gasteiger partial charge in [0.05, 0.1) is 22.9 Å². The van der Waals surface area contributed by atoms with Crippen molar-refractivity contribution in [2.24, 2.45) is 0 Å². The maximum Gasteiger partial charge on any atom is 0.251 e. The first-order valence-electron chi connectivity index (χ1n) is 7.19. The minimum absolute atomic E-state index is 0.0327. The number of rotatable bonds is 5. The van der Waals surface area contributed by atoms with Gasteiger partial charge in [0, 0.05) is 18.7 Å². The first-order chi connectivity index (χ1) is 11.2. The number of sulfone groups is 1. The molecule has 1 unspecified atom stereocenters. The summed E-state index contributed by atoms with van der Waals surface area (Å²) in [7, 11) is -5.73. The average Bonchev–Trinajstić information content (AvgIpc) is 2.91. The van der Waals surface area contributed by atoms with Crippen molar-refractivity contribution >= 4 is 25.8 Å². The molecule has 0 aromatic heterocycles. The molecule has 1 amide bonds. The van der Waals surface area contributed by atoms with Gasteiger partial charge in [0.2, 0.25) is 10.0 Å². The lowest BCUT2D eigenvalue weighted by Crippen LogP contribution is -2.41. The topological polar surface area (TPSA) is 101 Å². The van der Waals surface area contributed by atoms with Crippen LogP contribution in [0, 0.1) is 12.3 Å². The molecule has 1 N–H and O–H groups in total. The number of nitrogens with zero attached hydrogens (tertiary/aromatic N) is 1. The van der Waals surface area contributed by atoms with Gasteiger partial charge in [-0.05, 0) is 30.7 Å². The van der Waals surface area contributed by atoms with Crippen LogP contribution in [0.15, 0.2) is 29.2 Å². The highest BCUT2D eigenvalue weighted by Gasteiger charge is 2.38. The Bertz CT molecular complexity index is 867. The minimum Gasteiger partial charge on any atom is -0.355 e. The molecule has 0 radical (unpaired) electrons. The molecule has 0 saturated carbocycles. The van der Waals surface area contributed by atoms with E-state index in [1.165, 1.54) is 31.3 Å². The molecule has 9 heteroatoms. The highest BCUT2D eigenvalue weighted by atomic mass is 32.2. The zero-order valence-corrected chi connectivity index (χ0v) is 14.7. The fourth-order valence-electron chi connectivity index (χ4n) is 2.56. The van der Waals surface area contributed by atoms with Crippen molar-refractivity contribution in [3.05, 3.63) is 29.8 Å². The second kappa shape index (κ2) is 6.93. The third-order valence-corrected chi connectivity index (χ3v) is 7.48. The maximum atomic E-state index is 12.8. The third kappa shape index (κ3) is 3.77. The van der Waals surface area contributed by atoms with Crippen molar-refractivity contribution in [2.75, 3.05) is 25.1 Å². The Morgan fingerprint density at radius 3 is 2.46 bits per heavy atom. The fraction of sp³-hybridized carbons (Fsp3) is 0.400. The van der Waals surface area contributed by atoms with Crippen molar-refractivity contribution in [3.63, 3.8) is 0 Å². The highest BCUT2D eigenvalue weighted by molar-refractivity contribution is 7.92. The van der Waals surface area contributed by atoms with E-state index < -0.39 is 25.9 Å². The molecule has 1 aliphatic heterocycles. The van der Waals surface area contributed by atoms with Gasteiger partial charge >= 0.3 is 0 Å². The predicted molar refractivity (Wildman–Crippen MR) is 89.6 cm³/mol. The lowest BCUT2D eigenvalue weighted by atomic mass is 10.2. The Labute approximate surface area is 142 Å². The minimum atomic E-state index is -3.95. The van der Waals surface area contributed by atoms with E-state index >= 15 is 0 Å². The van der Waals surface area contributed by atoms with Crippen LogP contribution in [0.5, 0.6) is 0 Å². The van der Waals surface area contributed by atoms with E-state index in [4.69, 9.17) is 6.42 Å². The molecule has 0 bridgehead atoms. The molecule has 1 aromatic carbocycles. The summed E-state index contributed by atoms with van der Waals surface area (Å²) in [6.45, 7) is -0.209. The monoisotopic (exact) mass is 370 g/mol. The number of hydrogen-bond donors (Lipinski definition) is 1. The Kier molecular flexibility index (Phi) is 5.32. The van der Waals surface area contributed by atoms with Gasteiger partial charge in [-0.25, -0.2) is 16.8 Å². The lowest BCUT2D eigenvalue weighted by Gasteiger charge is -2.25. The summed E-state index contributed by atoms with van der Waals surface area (Å²) in [6.07, 6.45) is 5.48. The average molecular weight is 370 g/mol. The van der Waals surface area contributed by atoms with Gasteiger partial charge in [-0.1, -0.05) is 5.92 Å². The quantitative estimate of drug-likeness (QED) is 0.727. The van der Waals surface area contributed by atoms with E-state index in [1.54, 1.807) is 0 Å². The number of amides is 1. The molecule has 1 fully saturated rings. The van der Waals surface area contributed by atoms with Crippen molar-refractivity contribution in [1.82, 2.24) is 9.62 Å². The van der Waals surface area contributed by atoms with Crippen molar-refractivity contribution in [3.8, 4) is 12.3 Å². The smallest absolute Gasteiger partial charge is 0.251 e. The van der Waals surface area contributed by atoms with Crippen LogP contribution in [0.3, 0.4) is 0 Å². The number of terminal acetylenes is 1. The standard InChI is InChI=1S/C15H18N2O5S2/c1-3-9-17(13-8-10-23(19,20)11-13)24(21,22)14-6-4-12(5-7-14)15(18)16-2/h1,4-7,13H,8-11H2,2H3,(H,16,18). The van der Waals surface area contributed by atoms with Crippen LogP contribution in [0.2, 0.25) is 0 Å². The molecule has 0 aliphatic carbocycles. The molecule has 130 valence electrons. The molecule has 1 heterocycles. The van der Waals surface area contributed by atoms with E-state index in [9.17, 15) is 21.6 Å². The molecule has 24 heavy (non-hydrogen) atoms. The van der Waals surface area contributed by atoms with Gasteiger partial charge in [0.1, 0.15) is 0 Å². The van der Waals surface area contributed by atoms with Gasteiger partial charge in [-0.3, -0.25) is 4.79 Å². The maximum absolute atomic E-state index is 12.8. The SMILES string of the molecule is C#CCN(C1CCS(=O)(=O)C1)S(=O)(=O)c1ccc(C(=O)NC)cc1. The zero-order valence-electron chi connectivity index (χ0n) is 13.1. The molecule has 2 rings (SSSR count). The summed E-state index contributed by atoms with van der Waals surface area (Å²) in [5.41, 5.74) is 0.323. The summed E-state index contributed by atoms with van der Waals surface area (Å²) in [4.78, 5) is 11.5. The summed E-state index contributed by atoms with van der Waals surface area (Å²) < 4.78 is 50.0. The largest absolute Gasteiger partial charge is 0.355 e. The van der Waals surface area contributed by atoms with Crippen LogP contribution in [0.4, 0.5) is 0 Å². The predicted octanol–water partition coefficient (Wildman–Crippen LogP) is -0.143. The Morgan fingerprint density at radius 2 is 2.00 bits per heavy atom. The summed E-state index contributed by atoms with van der Waals surface area (Å²) >= 11 is 0. The fourth-order valence-corrected chi connectivity index (χ4v) is 5.95. The number of benzene rings is 1. The lowest BCUT2D eigenvalue weighted by molar-refractivity contribution is 0.0963. The molecule has 1 aliphatic rings. The summed E-state index contributed by atoms with van der Waals surface area (Å²) in [6, 6.07) is 4.74. The molecule has 1 saturated heterocycles. The normalized spacial score (nSPS) is 19.8. The van der Waals surface area contributed by atoms with Crippen LogP contribution < -0.4 is 5.32 Å². The molecule has 1 aromatic rings. The van der Waals surface area contributed by atoms with Gasteiger partial charge < -0.3 is 5.32 Å². The van der Waals surface area contributed by atoms with Crippen molar-refractivity contribution < 1.29 is 21.6 Å². The van der Waals surface area contributed by atoms with Gasteiger partial charge in [0.15, 0.2) is 9.84 Å². The van der Waals surface area contributed by atoms with Gasteiger partial charge in [-0.15, -0.1) is 6.42 Å². The molecule has 0 spiro atoms. The Balaban J connectivity index is 2.35. The molecule has 7 nitrogen and oxygen atoms in total. The van der Waals surface area contributed by atoms with Crippen LogP contribution in [-0.2, 0) is 19.9 Å². The second-order valence-electron chi connectivity index (χ2n) is 5.41. The first kappa shape index (κ1) is 18.4. The summed E-state index contributed by atoms with van der Waals surface area (Å²) in [5.74, 6) is 1.66. The second-order valence-corrected chi connectivity index (χ2v) is 9.53. The van der Waals surface area contributed by atoms with Crippen LogP contribution >= 0.6 is 0 Å². The number of sulfonamides is 1. The molecular formula is C15H18N2O5S2. The highest BCUT2D eigenvalue weighted by Crippen LogP contribution is 2.25. The van der Waals surface area contributed by atoms with Gasteiger partial charge in [0.25, 0.3) is 5.91 Å². The number of hydrogen-bond acceptors (Lipinski definition) is 5.